The number of rotatable bonds is 6. The smallest absolute Gasteiger partial charge is 0.224 e. The minimum atomic E-state index is -0.0826. The lowest BCUT2D eigenvalue weighted by atomic mass is 9.93. The standard InChI is InChI=1S/C20H30N4O3/c25-12-7-19(26)23-10-5-18(6-11-23)24-9-2-4-17(15-24)20(27)22-14-16-3-1-8-21-13-16/h1,3,8,13,17-18,25H,2,4-7,9-12,14-15H2,(H,22,27)/t17-/m0/s1. The van der Waals surface area contributed by atoms with Crippen molar-refractivity contribution < 1.29 is 14.7 Å². The molecule has 0 radical (unpaired) electrons. The quantitative estimate of drug-likeness (QED) is 0.769. The van der Waals surface area contributed by atoms with Gasteiger partial charge >= 0.3 is 0 Å². The van der Waals surface area contributed by atoms with E-state index in [4.69, 9.17) is 5.11 Å². The summed E-state index contributed by atoms with van der Waals surface area (Å²) < 4.78 is 0. The van der Waals surface area contributed by atoms with Gasteiger partial charge in [0.1, 0.15) is 0 Å². The van der Waals surface area contributed by atoms with Crippen LogP contribution in [0.15, 0.2) is 24.5 Å². The second kappa shape index (κ2) is 9.80. The highest BCUT2D eigenvalue weighted by Crippen LogP contribution is 2.24. The van der Waals surface area contributed by atoms with E-state index >= 15 is 0 Å². The molecule has 148 valence electrons. The SMILES string of the molecule is O=C(NCc1cccnc1)[C@H]1CCCN(C2CCN(C(=O)CCO)CC2)C1. The highest BCUT2D eigenvalue weighted by molar-refractivity contribution is 5.79. The minimum Gasteiger partial charge on any atom is -0.396 e. The Bertz CT molecular complexity index is 617. The third kappa shape index (κ3) is 5.49. The van der Waals surface area contributed by atoms with Gasteiger partial charge in [0.25, 0.3) is 0 Å². The maximum absolute atomic E-state index is 12.6. The van der Waals surface area contributed by atoms with Gasteiger partial charge in [-0.2, -0.15) is 0 Å². The number of nitrogens with zero attached hydrogens (tertiary/aromatic N) is 3. The van der Waals surface area contributed by atoms with Gasteiger partial charge in [-0.05, 0) is 43.9 Å². The fourth-order valence-electron chi connectivity index (χ4n) is 4.12. The van der Waals surface area contributed by atoms with E-state index in [9.17, 15) is 9.59 Å². The predicted molar refractivity (Wildman–Crippen MR) is 102 cm³/mol. The molecular formula is C20H30N4O3. The summed E-state index contributed by atoms with van der Waals surface area (Å²) >= 11 is 0. The summed E-state index contributed by atoms with van der Waals surface area (Å²) in [4.78, 5) is 32.9. The van der Waals surface area contributed by atoms with Gasteiger partial charge in [-0.1, -0.05) is 6.07 Å². The van der Waals surface area contributed by atoms with Gasteiger partial charge in [-0.25, -0.2) is 0 Å². The number of pyridine rings is 1. The zero-order chi connectivity index (χ0) is 19.1. The lowest BCUT2D eigenvalue weighted by molar-refractivity contribution is -0.133. The molecule has 3 heterocycles. The summed E-state index contributed by atoms with van der Waals surface area (Å²) in [7, 11) is 0. The number of aliphatic hydroxyl groups excluding tert-OH is 1. The van der Waals surface area contributed by atoms with Crippen molar-refractivity contribution in [1.82, 2.24) is 20.1 Å². The molecule has 2 N–H and O–H groups in total. The monoisotopic (exact) mass is 374 g/mol. The first-order valence-corrected chi connectivity index (χ1v) is 9.96. The van der Waals surface area contributed by atoms with Crippen LogP contribution in [-0.4, -0.2) is 70.5 Å². The number of aromatic nitrogens is 1. The number of aliphatic hydroxyl groups is 1. The first-order valence-electron chi connectivity index (χ1n) is 9.96. The van der Waals surface area contributed by atoms with Gasteiger partial charge in [0.05, 0.1) is 12.5 Å². The molecule has 1 aromatic rings. The summed E-state index contributed by atoms with van der Waals surface area (Å²) in [5, 5.41) is 12.0. The molecule has 2 saturated heterocycles. The average Bonchev–Trinajstić information content (AvgIpc) is 2.73. The zero-order valence-electron chi connectivity index (χ0n) is 15.8. The molecule has 7 heteroatoms. The van der Waals surface area contributed by atoms with Gasteiger partial charge in [0.2, 0.25) is 11.8 Å². The first kappa shape index (κ1) is 19.8. The van der Waals surface area contributed by atoms with Gasteiger partial charge in [0.15, 0.2) is 0 Å². The Kier molecular flexibility index (Phi) is 7.18. The van der Waals surface area contributed by atoms with E-state index in [0.29, 0.717) is 12.6 Å². The number of amides is 2. The third-order valence-electron chi connectivity index (χ3n) is 5.67. The Balaban J connectivity index is 1.45. The molecule has 2 amide bonds. The van der Waals surface area contributed by atoms with Crippen molar-refractivity contribution in [1.29, 1.82) is 0 Å². The Labute approximate surface area is 160 Å². The van der Waals surface area contributed by atoms with E-state index in [2.05, 4.69) is 15.2 Å². The summed E-state index contributed by atoms with van der Waals surface area (Å²) in [6.45, 7) is 3.76. The maximum atomic E-state index is 12.6. The fourth-order valence-corrected chi connectivity index (χ4v) is 4.12. The van der Waals surface area contributed by atoms with Crippen LogP contribution >= 0.6 is 0 Å². The number of hydrogen-bond donors (Lipinski definition) is 2. The fraction of sp³-hybridized carbons (Fsp3) is 0.650. The van der Waals surface area contributed by atoms with Crippen molar-refractivity contribution in [3.63, 3.8) is 0 Å². The number of carbonyl (C=O) groups is 2. The normalized spacial score (nSPS) is 21.8. The van der Waals surface area contributed by atoms with E-state index in [1.165, 1.54) is 0 Å². The number of piperidine rings is 2. The highest BCUT2D eigenvalue weighted by Gasteiger charge is 2.32. The molecule has 0 unspecified atom stereocenters. The van der Waals surface area contributed by atoms with Crippen LogP contribution in [0.2, 0.25) is 0 Å². The van der Waals surface area contributed by atoms with Gasteiger partial charge in [0, 0.05) is 51.0 Å². The largest absolute Gasteiger partial charge is 0.396 e. The Morgan fingerprint density at radius 2 is 2.04 bits per heavy atom. The number of carbonyl (C=O) groups excluding carboxylic acids is 2. The molecule has 3 rings (SSSR count). The van der Waals surface area contributed by atoms with Crippen LogP contribution in [0.4, 0.5) is 0 Å². The van der Waals surface area contributed by atoms with Crippen molar-refractivity contribution >= 4 is 11.8 Å². The molecule has 7 nitrogen and oxygen atoms in total. The van der Waals surface area contributed by atoms with E-state index in [0.717, 1.165) is 57.4 Å². The molecule has 1 atom stereocenters. The molecule has 0 saturated carbocycles. The van der Waals surface area contributed by atoms with E-state index in [1.54, 1.807) is 12.4 Å². The van der Waals surface area contributed by atoms with Crippen LogP contribution in [0.3, 0.4) is 0 Å². The van der Waals surface area contributed by atoms with Gasteiger partial charge < -0.3 is 15.3 Å². The van der Waals surface area contributed by atoms with Crippen LogP contribution in [0.5, 0.6) is 0 Å². The van der Waals surface area contributed by atoms with E-state index in [1.807, 2.05) is 17.0 Å². The van der Waals surface area contributed by atoms with Crippen molar-refractivity contribution in [3.8, 4) is 0 Å². The molecule has 27 heavy (non-hydrogen) atoms. The van der Waals surface area contributed by atoms with Gasteiger partial charge in [-0.3, -0.25) is 19.5 Å². The third-order valence-corrected chi connectivity index (χ3v) is 5.67. The van der Waals surface area contributed by atoms with Crippen molar-refractivity contribution in [2.75, 3.05) is 32.8 Å². The Hall–Kier alpha value is -1.99. The van der Waals surface area contributed by atoms with Crippen molar-refractivity contribution in [2.45, 2.75) is 44.7 Å². The molecule has 1 aromatic heterocycles. The summed E-state index contributed by atoms with van der Waals surface area (Å²) in [6.07, 6.45) is 7.58. The lowest BCUT2D eigenvalue weighted by Gasteiger charge is -2.42. The molecule has 0 aromatic carbocycles. The number of nitrogens with one attached hydrogen (secondary N) is 1. The van der Waals surface area contributed by atoms with E-state index in [-0.39, 0.29) is 30.8 Å². The second-order valence-electron chi connectivity index (χ2n) is 7.50. The molecular weight excluding hydrogens is 344 g/mol. The summed E-state index contributed by atoms with van der Waals surface area (Å²) in [6, 6.07) is 4.28. The molecule has 2 aliphatic rings. The van der Waals surface area contributed by atoms with Crippen LogP contribution in [0.1, 0.15) is 37.7 Å². The lowest BCUT2D eigenvalue weighted by Crippen LogP contribution is -2.51. The van der Waals surface area contributed by atoms with Crippen molar-refractivity contribution in [3.05, 3.63) is 30.1 Å². The molecule has 0 bridgehead atoms. The molecule has 2 aliphatic heterocycles. The second-order valence-corrected chi connectivity index (χ2v) is 7.50. The minimum absolute atomic E-state index is 0.0319. The molecule has 2 fully saturated rings. The van der Waals surface area contributed by atoms with Crippen LogP contribution < -0.4 is 5.32 Å². The highest BCUT2D eigenvalue weighted by atomic mass is 16.3. The summed E-state index contributed by atoms with van der Waals surface area (Å²) in [5.74, 6) is 0.200. The van der Waals surface area contributed by atoms with Gasteiger partial charge in [-0.15, -0.1) is 0 Å². The first-order chi connectivity index (χ1) is 13.2. The number of likely N-dealkylation sites (tertiary alicyclic amines) is 2. The average molecular weight is 374 g/mol. The molecule has 0 spiro atoms. The Morgan fingerprint density at radius 3 is 2.74 bits per heavy atom. The van der Waals surface area contributed by atoms with Crippen LogP contribution in [0, 0.1) is 5.92 Å². The van der Waals surface area contributed by atoms with Crippen molar-refractivity contribution in [2.24, 2.45) is 5.92 Å². The predicted octanol–water partition coefficient (Wildman–Crippen LogP) is 0.783. The molecule has 0 aliphatic carbocycles. The van der Waals surface area contributed by atoms with E-state index < -0.39 is 0 Å². The van der Waals surface area contributed by atoms with Crippen LogP contribution in [0.25, 0.3) is 0 Å². The maximum Gasteiger partial charge on any atom is 0.224 e. The Morgan fingerprint density at radius 1 is 1.22 bits per heavy atom. The number of hydrogen-bond acceptors (Lipinski definition) is 5. The van der Waals surface area contributed by atoms with Crippen LogP contribution in [-0.2, 0) is 16.1 Å². The summed E-state index contributed by atoms with van der Waals surface area (Å²) in [5.41, 5.74) is 1.01. The topological polar surface area (TPSA) is 85.8 Å². The zero-order valence-corrected chi connectivity index (χ0v) is 15.8.